The molecule has 1 aliphatic rings. The van der Waals surface area contributed by atoms with Crippen LogP contribution in [0, 0.1) is 0 Å². The van der Waals surface area contributed by atoms with Crippen LogP contribution in [0.1, 0.15) is 12.1 Å². The molecular formula is C14H13N3O2. The molecular weight excluding hydrogens is 242 g/mol. The Morgan fingerprint density at radius 1 is 1.26 bits per heavy atom. The fraction of sp³-hybridized carbons (Fsp3) is 0.214. The second kappa shape index (κ2) is 4.68. The van der Waals surface area contributed by atoms with E-state index in [0.717, 1.165) is 22.2 Å². The molecule has 2 aromatic rings. The molecule has 0 bridgehead atoms. The van der Waals surface area contributed by atoms with Gasteiger partial charge in [0.2, 0.25) is 0 Å². The van der Waals surface area contributed by atoms with Gasteiger partial charge in [-0.05, 0) is 18.1 Å². The van der Waals surface area contributed by atoms with Crippen LogP contribution in [0.2, 0.25) is 0 Å². The Labute approximate surface area is 110 Å². The van der Waals surface area contributed by atoms with E-state index in [0.29, 0.717) is 19.5 Å². The first-order valence-electron chi connectivity index (χ1n) is 6.13. The fourth-order valence-electron chi connectivity index (χ4n) is 2.32. The van der Waals surface area contributed by atoms with Gasteiger partial charge in [0.1, 0.15) is 6.33 Å². The van der Waals surface area contributed by atoms with Crippen LogP contribution in [0.25, 0.3) is 16.5 Å². The van der Waals surface area contributed by atoms with Crippen molar-refractivity contribution in [3.63, 3.8) is 0 Å². The van der Waals surface area contributed by atoms with E-state index in [1.54, 1.807) is 6.33 Å². The molecule has 5 nitrogen and oxygen atoms in total. The number of nitrogens with zero attached hydrogens (tertiary/aromatic N) is 3. The molecule has 0 radical (unpaired) electrons. The van der Waals surface area contributed by atoms with Crippen LogP contribution >= 0.6 is 0 Å². The van der Waals surface area contributed by atoms with E-state index in [9.17, 15) is 4.79 Å². The van der Waals surface area contributed by atoms with Crippen molar-refractivity contribution in [3.05, 3.63) is 42.4 Å². The second-order valence-electron chi connectivity index (χ2n) is 4.45. The van der Waals surface area contributed by atoms with Gasteiger partial charge in [-0.2, -0.15) is 0 Å². The van der Waals surface area contributed by atoms with Gasteiger partial charge in [-0.1, -0.05) is 24.3 Å². The van der Waals surface area contributed by atoms with Crippen molar-refractivity contribution in [1.29, 1.82) is 0 Å². The van der Waals surface area contributed by atoms with Crippen LogP contribution in [0.15, 0.2) is 36.7 Å². The number of hydrogen-bond donors (Lipinski definition) is 1. The molecule has 0 saturated heterocycles. The third-order valence-electron chi connectivity index (χ3n) is 3.33. The quantitative estimate of drug-likeness (QED) is 0.849. The largest absolute Gasteiger partial charge is 0.465 e. The molecule has 0 aliphatic carbocycles. The third kappa shape index (κ3) is 2.14. The van der Waals surface area contributed by atoms with Crippen LogP contribution in [0.5, 0.6) is 0 Å². The van der Waals surface area contributed by atoms with Crippen molar-refractivity contribution >= 4 is 22.6 Å². The van der Waals surface area contributed by atoms with Crippen LogP contribution in [-0.4, -0.2) is 39.2 Å². The zero-order valence-electron chi connectivity index (χ0n) is 10.3. The molecule has 19 heavy (non-hydrogen) atoms. The number of carbonyl (C=O) groups is 1. The maximum atomic E-state index is 10.9. The summed E-state index contributed by atoms with van der Waals surface area (Å²) in [5.41, 5.74) is 2.92. The molecule has 1 aromatic carbocycles. The molecule has 0 fully saturated rings. The highest BCUT2D eigenvalue weighted by molar-refractivity contribution is 5.89. The molecule has 1 N–H and O–H groups in total. The summed E-state index contributed by atoms with van der Waals surface area (Å²) in [6.07, 6.45) is 3.31. The van der Waals surface area contributed by atoms with E-state index in [1.807, 2.05) is 30.3 Å². The van der Waals surface area contributed by atoms with E-state index in [2.05, 4.69) is 9.97 Å². The number of amides is 1. The van der Waals surface area contributed by atoms with Gasteiger partial charge in [-0.3, -0.25) is 0 Å². The average Bonchev–Trinajstić information content (AvgIpc) is 2.47. The number of hydrogen-bond acceptors (Lipinski definition) is 3. The molecule has 0 atom stereocenters. The standard InChI is InChI=1S/C14H13N3O2/c18-14(19)17-7-5-10(6-8-17)13-11-3-1-2-4-12(11)15-9-16-13/h1-5,9H,6-8H2,(H,18,19). The Morgan fingerprint density at radius 2 is 2.11 bits per heavy atom. The van der Waals surface area contributed by atoms with Crippen molar-refractivity contribution < 1.29 is 9.90 Å². The van der Waals surface area contributed by atoms with E-state index < -0.39 is 6.09 Å². The van der Waals surface area contributed by atoms with Gasteiger partial charge in [0.15, 0.2) is 0 Å². The topological polar surface area (TPSA) is 66.3 Å². The first-order chi connectivity index (χ1) is 9.25. The van der Waals surface area contributed by atoms with Gasteiger partial charge >= 0.3 is 6.09 Å². The van der Waals surface area contributed by atoms with Crippen molar-refractivity contribution in [2.75, 3.05) is 13.1 Å². The highest BCUT2D eigenvalue weighted by Gasteiger charge is 2.18. The first-order valence-corrected chi connectivity index (χ1v) is 6.13. The van der Waals surface area contributed by atoms with Crippen LogP contribution in [0.4, 0.5) is 4.79 Å². The van der Waals surface area contributed by atoms with Gasteiger partial charge in [-0.25, -0.2) is 14.8 Å². The summed E-state index contributed by atoms with van der Waals surface area (Å²) in [6, 6.07) is 7.85. The maximum Gasteiger partial charge on any atom is 0.407 e. The zero-order chi connectivity index (χ0) is 13.2. The molecule has 1 aliphatic heterocycles. The summed E-state index contributed by atoms with van der Waals surface area (Å²) >= 11 is 0. The normalized spacial score (nSPS) is 15.4. The lowest BCUT2D eigenvalue weighted by atomic mass is 10.0. The molecule has 3 rings (SSSR count). The molecule has 0 saturated carbocycles. The van der Waals surface area contributed by atoms with Crippen LogP contribution in [0.3, 0.4) is 0 Å². The van der Waals surface area contributed by atoms with E-state index in [-0.39, 0.29) is 0 Å². The fourth-order valence-corrected chi connectivity index (χ4v) is 2.32. The Hall–Kier alpha value is -2.43. The number of aromatic nitrogens is 2. The van der Waals surface area contributed by atoms with Gasteiger partial charge in [0, 0.05) is 18.5 Å². The molecule has 96 valence electrons. The monoisotopic (exact) mass is 255 g/mol. The van der Waals surface area contributed by atoms with E-state index >= 15 is 0 Å². The van der Waals surface area contributed by atoms with Gasteiger partial charge in [0.05, 0.1) is 11.2 Å². The lowest BCUT2D eigenvalue weighted by molar-refractivity contribution is 0.150. The van der Waals surface area contributed by atoms with Crippen molar-refractivity contribution in [1.82, 2.24) is 14.9 Å². The van der Waals surface area contributed by atoms with Crippen molar-refractivity contribution in [2.45, 2.75) is 6.42 Å². The minimum atomic E-state index is -0.872. The highest BCUT2D eigenvalue weighted by Crippen LogP contribution is 2.26. The minimum Gasteiger partial charge on any atom is -0.465 e. The summed E-state index contributed by atoms with van der Waals surface area (Å²) in [5.74, 6) is 0. The summed E-state index contributed by atoms with van der Waals surface area (Å²) in [4.78, 5) is 20.9. The van der Waals surface area contributed by atoms with E-state index in [1.165, 1.54) is 4.90 Å². The lowest BCUT2D eigenvalue weighted by Crippen LogP contribution is -2.33. The predicted molar refractivity (Wildman–Crippen MR) is 71.7 cm³/mol. The molecule has 1 amide bonds. The summed E-state index contributed by atoms with van der Waals surface area (Å²) in [6.45, 7) is 0.933. The Balaban J connectivity index is 2.00. The minimum absolute atomic E-state index is 0.420. The first kappa shape index (κ1) is 11.6. The SMILES string of the molecule is O=C(O)N1CC=C(c2ncnc3ccccc23)CC1. The van der Waals surface area contributed by atoms with Crippen LogP contribution < -0.4 is 0 Å². The summed E-state index contributed by atoms with van der Waals surface area (Å²) in [7, 11) is 0. The van der Waals surface area contributed by atoms with E-state index in [4.69, 9.17) is 5.11 Å². The Morgan fingerprint density at radius 3 is 2.84 bits per heavy atom. The summed E-state index contributed by atoms with van der Waals surface area (Å²) in [5, 5.41) is 9.95. The Bertz CT molecular complexity index is 661. The maximum absolute atomic E-state index is 10.9. The molecule has 5 heteroatoms. The zero-order valence-corrected chi connectivity index (χ0v) is 10.3. The number of fused-ring (bicyclic) bond motifs is 1. The van der Waals surface area contributed by atoms with Crippen molar-refractivity contribution in [2.24, 2.45) is 0 Å². The lowest BCUT2D eigenvalue weighted by Gasteiger charge is -2.23. The smallest absolute Gasteiger partial charge is 0.407 e. The van der Waals surface area contributed by atoms with Crippen molar-refractivity contribution in [3.8, 4) is 0 Å². The average molecular weight is 255 g/mol. The van der Waals surface area contributed by atoms with Gasteiger partial charge < -0.3 is 10.0 Å². The number of para-hydroxylation sites is 1. The van der Waals surface area contributed by atoms with Gasteiger partial charge in [0.25, 0.3) is 0 Å². The number of benzene rings is 1. The van der Waals surface area contributed by atoms with Gasteiger partial charge in [-0.15, -0.1) is 0 Å². The van der Waals surface area contributed by atoms with Crippen LogP contribution in [-0.2, 0) is 0 Å². The predicted octanol–water partition coefficient (Wildman–Crippen LogP) is 2.40. The summed E-state index contributed by atoms with van der Waals surface area (Å²) < 4.78 is 0. The molecule has 0 spiro atoms. The Kier molecular flexibility index (Phi) is 2.87. The number of carboxylic acid groups (broad SMARTS) is 1. The highest BCUT2D eigenvalue weighted by atomic mass is 16.4. The molecule has 0 unspecified atom stereocenters. The third-order valence-corrected chi connectivity index (χ3v) is 3.33. The number of rotatable bonds is 1. The molecule has 2 heterocycles. The second-order valence-corrected chi connectivity index (χ2v) is 4.45. The molecule has 1 aromatic heterocycles.